The summed E-state index contributed by atoms with van der Waals surface area (Å²) in [7, 11) is 0. The Kier molecular flexibility index (Phi) is 6.61. The maximum atomic E-state index is 12.1. The summed E-state index contributed by atoms with van der Waals surface area (Å²) in [5.41, 5.74) is 2.11. The van der Waals surface area contributed by atoms with E-state index in [1.54, 1.807) is 36.4 Å². The largest absolute Gasteiger partial charge is 0.411 e. The first kappa shape index (κ1) is 18.7. The van der Waals surface area contributed by atoms with Crippen LogP contribution in [0, 0.1) is 3.57 Å². The molecule has 0 aliphatic carbocycles. The van der Waals surface area contributed by atoms with Gasteiger partial charge >= 0.3 is 6.18 Å². The zero-order chi connectivity index (χ0) is 17.6. The van der Waals surface area contributed by atoms with E-state index in [1.807, 2.05) is 12.1 Å². The first-order valence-electron chi connectivity index (χ1n) is 7.10. The van der Waals surface area contributed by atoms with E-state index < -0.39 is 12.8 Å². The van der Waals surface area contributed by atoms with E-state index in [0.29, 0.717) is 17.7 Å². The van der Waals surface area contributed by atoms with Crippen LogP contribution in [0.4, 0.5) is 13.2 Å². The molecule has 2 rings (SSSR count). The number of rotatable bonds is 6. The molecule has 0 fully saturated rings. The second-order valence-corrected chi connectivity index (χ2v) is 6.25. The molecule has 0 bridgehead atoms. The standard InChI is InChI=1S/C17H15F3INO2/c18-17(19,20)11-24-10-13-7-5-12(6-8-13)9-22-16(23)14-3-1-2-4-15(14)21/h1-8H,9-11H2,(H,22,23). The summed E-state index contributed by atoms with van der Waals surface area (Å²) in [6.07, 6.45) is -4.32. The Labute approximate surface area is 151 Å². The van der Waals surface area contributed by atoms with Crippen molar-refractivity contribution in [2.24, 2.45) is 0 Å². The van der Waals surface area contributed by atoms with Crippen LogP contribution >= 0.6 is 22.6 Å². The van der Waals surface area contributed by atoms with Crippen molar-refractivity contribution in [2.75, 3.05) is 6.61 Å². The second-order valence-electron chi connectivity index (χ2n) is 5.09. The number of nitrogens with one attached hydrogen (secondary N) is 1. The first-order chi connectivity index (χ1) is 11.3. The molecule has 0 saturated carbocycles. The topological polar surface area (TPSA) is 38.3 Å². The summed E-state index contributed by atoms with van der Waals surface area (Å²) in [6.45, 7) is -1.03. The quantitative estimate of drug-likeness (QED) is 0.669. The molecular formula is C17H15F3INO2. The van der Waals surface area contributed by atoms with Crippen molar-refractivity contribution >= 4 is 28.5 Å². The van der Waals surface area contributed by atoms with E-state index in [1.165, 1.54) is 0 Å². The first-order valence-corrected chi connectivity index (χ1v) is 8.18. The SMILES string of the molecule is O=C(NCc1ccc(COCC(F)(F)F)cc1)c1ccccc1I. The summed E-state index contributed by atoms with van der Waals surface area (Å²) < 4.78 is 41.5. The fourth-order valence-corrected chi connectivity index (χ4v) is 2.59. The molecule has 0 saturated heterocycles. The molecule has 2 aromatic carbocycles. The summed E-state index contributed by atoms with van der Waals surface area (Å²) >= 11 is 2.10. The van der Waals surface area contributed by atoms with Crippen LogP contribution in [0.25, 0.3) is 0 Å². The van der Waals surface area contributed by atoms with Crippen LogP contribution < -0.4 is 5.32 Å². The highest BCUT2D eigenvalue weighted by molar-refractivity contribution is 14.1. The van der Waals surface area contributed by atoms with E-state index in [2.05, 4.69) is 32.6 Å². The summed E-state index contributed by atoms with van der Waals surface area (Å²) in [4.78, 5) is 12.1. The summed E-state index contributed by atoms with van der Waals surface area (Å²) in [5, 5.41) is 2.81. The van der Waals surface area contributed by atoms with Crippen molar-refractivity contribution in [3.8, 4) is 0 Å². The minimum absolute atomic E-state index is 0.103. The van der Waals surface area contributed by atoms with E-state index in [9.17, 15) is 18.0 Å². The van der Waals surface area contributed by atoms with Crippen molar-refractivity contribution in [1.82, 2.24) is 5.32 Å². The number of hydrogen-bond acceptors (Lipinski definition) is 2. The Morgan fingerprint density at radius 2 is 1.67 bits per heavy atom. The van der Waals surface area contributed by atoms with Crippen molar-refractivity contribution in [3.63, 3.8) is 0 Å². The Hall–Kier alpha value is -1.61. The van der Waals surface area contributed by atoms with Gasteiger partial charge in [0.2, 0.25) is 0 Å². The molecule has 0 aliphatic rings. The van der Waals surface area contributed by atoms with Crippen LogP contribution in [-0.4, -0.2) is 18.7 Å². The zero-order valence-corrected chi connectivity index (χ0v) is 14.7. The monoisotopic (exact) mass is 449 g/mol. The maximum absolute atomic E-state index is 12.1. The highest BCUT2D eigenvalue weighted by Gasteiger charge is 2.27. The Morgan fingerprint density at radius 3 is 2.29 bits per heavy atom. The number of carbonyl (C=O) groups is 1. The number of carbonyl (C=O) groups excluding carboxylic acids is 1. The number of amides is 1. The molecule has 24 heavy (non-hydrogen) atoms. The summed E-state index contributed by atoms with van der Waals surface area (Å²) in [6, 6.07) is 14.1. The van der Waals surface area contributed by atoms with Gasteiger partial charge in [-0.25, -0.2) is 0 Å². The lowest BCUT2D eigenvalue weighted by Crippen LogP contribution is -2.23. The van der Waals surface area contributed by atoms with Gasteiger partial charge < -0.3 is 10.1 Å². The predicted octanol–water partition coefficient (Wildman–Crippen LogP) is 4.30. The summed E-state index contributed by atoms with van der Waals surface area (Å²) in [5.74, 6) is -0.169. The van der Waals surface area contributed by atoms with Gasteiger partial charge in [0.05, 0.1) is 12.2 Å². The maximum Gasteiger partial charge on any atom is 0.411 e. The highest BCUT2D eigenvalue weighted by Crippen LogP contribution is 2.16. The number of halogens is 4. The number of benzene rings is 2. The van der Waals surface area contributed by atoms with E-state index in [4.69, 9.17) is 0 Å². The smallest absolute Gasteiger partial charge is 0.367 e. The minimum atomic E-state index is -4.32. The van der Waals surface area contributed by atoms with Gasteiger partial charge in [0.25, 0.3) is 5.91 Å². The Balaban J connectivity index is 1.84. The normalized spacial score (nSPS) is 11.3. The Bertz CT molecular complexity index is 687. The van der Waals surface area contributed by atoms with Crippen molar-refractivity contribution in [2.45, 2.75) is 19.3 Å². The molecular weight excluding hydrogens is 434 g/mol. The molecule has 0 aromatic heterocycles. The van der Waals surface area contributed by atoms with E-state index >= 15 is 0 Å². The second kappa shape index (κ2) is 8.48. The van der Waals surface area contributed by atoms with Gasteiger partial charge in [0, 0.05) is 10.1 Å². The van der Waals surface area contributed by atoms with Gasteiger partial charge in [-0.15, -0.1) is 0 Å². The van der Waals surface area contributed by atoms with Gasteiger partial charge in [0.1, 0.15) is 6.61 Å². The third-order valence-electron chi connectivity index (χ3n) is 3.13. The fraction of sp³-hybridized carbons (Fsp3) is 0.235. The van der Waals surface area contributed by atoms with Crippen LogP contribution in [0.2, 0.25) is 0 Å². The van der Waals surface area contributed by atoms with Crippen LogP contribution in [0.5, 0.6) is 0 Å². The third kappa shape index (κ3) is 6.12. The number of hydrogen-bond donors (Lipinski definition) is 1. The van der Waals surface area contributed by atoms with Crippen LogP contribution in [0.15, 0.2) is 48.5 Å². The number of ether oxygens (including phenoxy) is 1. The molecule has 2 aromatic rings. The van der Waals surface area contributed by atoms with Gasteiger partial charge in [-0.3, -0.25) is 4.79 Å². The highest BCUT2D eigenvalue weighted by atomic mass is 127. The lowest BCUT2D eigenvalue weighted by Gasteiger charge is -2.09. The Morgan fingerprint density at radius 1 is 1.04 bits per heavy atom. The molecule has 0 aliphatic heterocycles. The lowest BCUT2D eigenvalue weighted by molar-refractivity contribution is -0.176. The average Bonchev–Trinajstić information content (AvgIpc) is 2.53. The van der Waals surface area contributed by atoms with Gasteiger partial charge in [-0.2, -0.15) is 13.2 Å². The van der Waals surface area contributed by atoms with Gasteiger partial charge in [-0.05, 0) is 45.9 Å². The fourth-order valence-electron chi connectivity index (χ4n) is 1.96. The molecule has 7 heteroatoms. The van der Waals surface area contributed by atoms with Crippen molar-refractivity contribution in [3.05, 3.63) is 68.8 Å². The molecule has 128 valence electrons. The van der Waals surface area contributed by atoms with Crippen molar-refractivity contribution in [1.29, 1.82) is 0 Å². The molecule has 0 unspecified atom stereocenters. The molecule has 3 nitrogen and oxygen atoms in total. The minimum Gasteiger partial charge on any atom is -0.367 e. The van der Waals surface area contributed by atoms with E-state index in [0.717, 1.165) is 9.13 Å². The molecule has 0 spiro atoms. The van der Waals surface area contributed by atoms with Crippen LogP contribution in [0.3, 0.4) is 0 Å². The van der Waals surface area contributed by atoms with Gasteiger partial charge in [-0.1, -0.05) is 36.4 Å². The third-order valence-corrected chi connectivity index (χ3v) is 4.07. The zero-order valence-electron chi connectivity index (χ0n) is 12.6. The van der Waals surface area contributed by atoms with Crippen molar-refractivity contribution < 1.29 is 22.7 Å². The molecule has 0 radical (unpaired) electrons. The van der Waals surface area contributed by atoms with Gasteiger partial charge in [0.15, 0.2) is 0 Å². The average molecular weight is 449 g/mol. The molecule has 0 atom stereocenters. The van der Waals surface area contributed by atoms with E-state index in [-0.39, 0.29) is 12.5 Å². The molecule has 1 N–H and O–H groups in total. The lowest BCUT2D eigenvalue weighted by atomic mass is 10.1. The van der Waals surface area contributed by atoms with Crippen LogP contribution in [0.1, 0.15) is 21.5 Å². The van der Waals surface area contributed by atoms with Crippen LogP contribution in [-0.2, 0) is 17.9 Å². The number of alkyl halides is 3. The molecule has 0 heterocycles. The predicted molar refractivity (Wildman–Crippen MR) is 92.5 cm³/mol. The molecule has 1 amide bonds.